The number of nitrogens with one attached hydrogen (secondary N) is 2. The van der Waals surface area contributed by atoms with Crippen molar-refractivity contribution in [1.82, 2.24) is 15.0 Å². The molecule has 0 radical (unpaired) electrons. The molecule has 0 spiro atoms. The van der Waals surface area contributed by atoms with Gasteiger partial charge in [0.1, 0.15) is 5.82 Å². The monoisotopic (exact) mass is 321 g/mol. The molecule has 122 valence electrons. The highest BCUT2D eigenvalue weighted by atomic mass is 16.3. The molecular weight excluding hydrogens is 302 g/mol. The van der Waals surface area contributed by atoms with E-state index in [1.165, 1.54) is 0 Å². The highest BCUT2D eigenvalue weighted by Gasteiger charge is 2.10. The summed E-state index contributed by atoms with van der Waals surface area (Å²) < 4.78 is 0. The predicted molar refractivity (Wildman–Crippen MR) is 95.2 cm³/mol. The average molecular weight is 321 g/mol. The zero-order valence-corrected chi connectivity index (χ0v) is 13.3. The lowest BCUT2D eigenvalue weighted by Gasteiger charge is -2.14. The van der Waals surface area contributed by atoms with Gasteiger partial charge in [0.2, 0.25) is 5.95 Å². The molecule has 0 saturated carbocycles. The van der Waals surface area contributed by atoms with E-state index < -0.39 is 0 Å². The third-order valence-corrected chi connectivity index (χ3v) is 3.35. The standard InChI is InChI=1S/C18H19N5O/c1-13(12-24)20-18-22-16(15-9-5-6-10-19-15)11-17(23-18)21-14-7-3-2-4-8-14/h2-11,13,24H,12H2,1H3,(H2,20,21,22,23)/t13-/m1/s1. The minimum atomic E-state index is -0.145. The molecule has 2 aromatic heterocycles. The lowest BCUT2D eigenvalue weighted by Crippen LogP contribution is -2.21. The maximum absolute atomic E-state index is 9.24. The Labute approximate surface area is 140 Å². The van der Waals surface area contributed by atoms with E-state index in [1.54, 1.807) is 6.20 Å². The number of rotatable bonds is 6. The summed E-state index contributed by atoms with van der Waals surface area (Å²) >= 11 is 0. The number of aliphatic hydroxyl groups excluding tert-OH is 1. The summed E-state index contributed by atoms with van der Waals surface area (Å²) in [5, 5.41) is 15.6. The van der Waals surface area contributed by atoms with Crippen molar-refractivity contribution >= 4 is 17.5 Å². The summed E-state index contributed by atoms with van der Waals surface area (Å²) in [5.74, 6) is 1.10. The van der Waals surface area contributed by atoms with Crippen LogP contribution in [-0.2, 0) is 0 Å². The van der Waals surface area contributed by atoms with Crippen LogP contribution in [0, 0.1) is 0 Å². The molecule has 2 heterocycles. The van der Waals surface area contributed by atoms with Gasteiger partial charge in [-0.3, -0.25) is 4.98 Å². The second-order valence-corrected chi connectivity index (χ2v) is 5.40. The fourth-order valence-electron chi connectivity index (χ4n) is 2.16. The highest BCUT2D eigenvalue weighted by Crippen LogP contribution is 2.22. The Balaban J connectivity index is 1.96. The Morgan fingerprint density at radius 1 is 1.00 bits per heavy atom. The molecule has 1 atom stereocenters. The van der Waals surface area contributed by atoms with Crippen LogP contribution in [-0.4, -0.2) is 32.7 Å². The molecule has 6 nitrogen and oxygen atoms in total. The Hall–Kier alpha value is -2.99. The minimum Gasteiger partial charge on any atom is -0.394 e. The van der Waals surface area contributed by atoms with Crippen LogP contribution in [0.3, 0.4) is 0 Å². The van der Waals surface area contributed by atoms with Crippen molar-refractivity contribution in [2.24, 2.45) is 0 Å². The molecule has 24 heavy (non-hydrogen) atoms. The van der Waals surface area contributed by atoms with Gasteiger partial charge >= 0.3 is 0 Å². The molecule has 3 rings (SSSR count). The van der Waals surface area contributed by atoms with Crippen LogP contribution in [0.4, 0.5) is 17.5 Å². The number of hydrogen-bond acceptors (Lipinski definition) is 6. The quantitative estimate of drug-likeness (QED) is 0.647. The van der Waals surface area contributed by atoms with Gasteiger partial charge < -0.3 is 15.7 Å². The van der Waals surface area contributed by atoms with Gasteiger partial charge in [0.15, 0.2) is 0 Å². The van der Waals surface area contributed by atoms with E-state index in [4.69, 9.17) is 0 Å². The molecule has 1 aromatic carbocycles. The molecule has 0 aliphatic rings. The van der Waals surface area contributed by atoms with Crippen molar-refractivity contribution in [3.63, 3.8) is 0 Å². The van der Waals surface area contributed by atoms with Crippen LogP contribution < -0.4 is 10.6 Å². The fraction of sp³-hybridized carbons (Fsp3) is 0.167. The summed E-state index contributed by atoms with van der Waals surface area (Å²) in [6, 6.07) is 17.2. The van der Waals surface area contributed by atoms with Gasteiger partial charge in [-0.25, -0.2) is 4.98 Å². The first kappa shape index (κ1) is 15.9. The Morgan fingerprint density at radius 2 is 1.79 bits per heavy atom. The van der Waals surface area contributed by atoms with E-state index in [2.05, 4.69) is 25.6 Å². The van der Waals surface area contributed by atoms with Gasteiger partial charge in [0.05, 0.1) is 18.0 Å². The van der Waals surface area contributed by atoms with Gasteiger partial charge in [-0.05, 0) is 31.2 Å². The first-order valence-electron chi connectivity index (χ1n) is 7.74. The zero-order chi connectivity index (χ0) is 16.8. The van der Waals surface area contributed by atoms with Crippen molar-refractivity contribution < 1.29 is 5.11 Å². The molecule has 0 saturated heterocycles. The van der Waals surface area contributed by atoms with Gasteiger partial charge in [-0.15, -0.1) is 0 Å². The van der Waals surface area contributed by atoms with Crippen LogP contribution in [0.15, 0.2) is 60.8 Å². The van der Waals surface area contributed by atoms with E-state index in [1.807, 2.05) is 61.5 Å². The molecule has 0 aliphatic carbocycles. The molecule has 0 bridgehead atoms. The normalized spacial score (nSPS) is 11.8. The fourth-order valence-corrected chi connectivity index (χ4v) is 2.16. The SMILES string of the molecule is C[C@H](CO)Nc1nc(Nc2ccccc2)cc(-c2ccccn2)n1. The summed E-state index contributed by atoms with van der Waals surface area (Å²) in [5.41, 5.74) is 2.40. The number of nitrogens with zero attached hydrogens (tertiary/aromatic N) is 3. The molecular formula is C18H19N5O. The second-order valence-electron chi connectivity index (χ2n) is 5.40. The Morgan fingerprint density at radius 3 is 2.50 bits per heavy atom. The number of aromatic nitrogens is 3. The smallest absolute Gasteiger partial charge is 0.225 e. The van der Waals surface area contributed by atoms with Gasteiger partial charge in [-0.2, -0.15) is 4.98 Å². The highest BCUT2D eigenvalue weighted by molar-refractivity contribution is 5.65. The van der Waals surface area contributed by atoms with Crippen LogP contribution in [0.2, 0.25) is 0 Å². The van der Waals surface area contributed by atoms with Crippen LogP contribution in [0.25, 0.3) is 11.4 Å². The summed E-state index contributed by atoms with van der Waals surface area (Å²) in [4.78, 5) is 13.3. The predicted octanol–water partition coefficient (Wildman–Crippen LogP) is 3.07. The summed E-state index contributed by atoms with van der Waals surface area (Å²) in [7, 11) is 0. The summed E-state index contributed by atoms with van der Waals surface area (Å²) in [6.07, 6.45) is 1.73. The summed E-state index contributed by atoms with van der Waals surface area (Å²) in [6.45, 7) is 1.86. The Bertz CT molecular complexity index is 780. The maximum Gasteiger partial charge on any atom is 0.225 e. The number of pyridine rings is 1. The Kier molecular flexibility index (Phi) is 4.98. The zero-order valence-electron chi connectivity index (χ0n) is 13.3. The van der Waals surface area contributed by atoms with Crippen molar-refractivity contribution in [3.8, 4) is 11.4 Å². The van der Waals surface area contributed by atoms with Crippen LogP contribution in [0.1, 0.15) is 6.92 Å². The van der Waals surface area contributed by atoms with Gasteiger partial charge in [-0.1, -0.05) is 24.3 Å². The van der Waals surface area contributed by atoms with Gasteiger partial charge in [0.25, 0.3) is 0 Å². The minimum absolute atomic E-state index is 0.00137. The van der Waals surface area contributed by atoms with Gasteiger partial charge in [0, 0.05) is 24.0 Å². The first-order chi connectivity index (χ1) is 11.7. The van der Waals surface area contributed by atoms with Crippen molar-refractivity contribution in [1.29, 1.82) is 0 Å². The third-order valence-electron chi connectivity index (χ3n) is 3.35. The van der Waals surface area contributed by atoms with Crippen molar-refractivity contribution in [3.05, 3.63) is 60.8 Å². The average Bonchev–Trinajstić information content (AvgIpc) is 2.63. The largest absolute Gasteiger partial charge is 0.394 e. The van der Waals surface area contributed by atoms with Crippen molar-refractivity contribution in [2.45, 2.75) is 13.0 Å². The van der Waals surface area contributed by atoms with Crippen molar-refractivity contribution in [2.75, 3.05) is 17.2 Å². The van der Waals surface area contributed by atoms with Crippen LogP contribution >= 0.6 is 0 Å². The third kappa shape index (κ3) is 4.05. The maximum atomic E-state index is 9.24. The number of para-hydroxylation sites is 1. The molecule has 0 fully saturated rings. The first-order valence-corrected chi connectivity index (χ1v) is 7.74. The lowest BCUT2D eigenvalue weighted by molar-refractivity contribution is 0.281. The van der Waals surface area contributed by atoms with E-state index in [0.29, 0.717) is 17.5 Å². The lowest BCUT2D eigenvalue weighted by atomic mass is 10.2. The number of anilines is 3. The number of hydrogen-bond donors (Lipinski definition) is 3. The number of benzene rings is 1. The van der Waals surface area contributed by atoms with Crippen LogP contribution in [0.5, 0.6) is 0 Å². The topological polar surface area (TPSA) is 83.0 Å². The van der Waals surface area contributed by atoms with E-state index in [9.17, 15) is 5.11 Å². The molecule has 0 aliphatic heterocycles. The van der Waals surface area contributed by atoms with E-state index >= 15 is 0 Å². The van der Waals surface area contributed by atoms with E-state index in [0.717, 1.165) is 11.4 Å². The second kappa shape index (κ2) is 7.52. The molecule has 3 N–H and O–H groups in total. The van der Waals surface area contributed by atoms with E-state index in [-0.39, 0.29) is 12.6 Å². The molecule has 0 unspecified atom stereocenters. The molecule has 6 heteroatoms. The molecule has 0 amide bonds. The number of aliphatic hydroxyl groups is 1. The molecule has 3 aromatic rings.